The van der Waals surface area contributed by atoms with Gasteiger partial charge in [-0.2, -0.15) is 0 Å². The lowest BCUT2D eigenvalue weighted by molar-refractivity contribution is 0.669. The van der Waals surface area contributed by atoms with E-state index in [9.17, 15) is 6.85 Å². The first-order valence-corrected chi connectivity index (χ1v) is 24.9. The van der Waals surface area contributed by atoms with Crippen LogP contribution in [0.15, 0.2) is 192 Å². The Morgan fingerprint density at radius 1 is 0.537 bits per heavy atom. The number of hydrogen-bond acceptors (Lipinski definition) is 3. The van der Waals surface area contributed by atoms with Crippen molar-refractivity contribution in [3.63, 3.8) is 0 Å². The highest BCUT2D eigenvalue weighted by molar-refractivity contribution is 7.22. The third-order valence-electron chi connectivity index (χ3n) is 14.5. The lowest BCUT2D eigenvalue weighted by Gasteiger charge is -2.51. The van der Waals surface area contributed by atoms with E-state index in [0.717, 1.165) is 81.7 Å². The molecule has 13 rings (SSSR count). The summed E-state index contributed by atoms with van der Waals surface area (Å²) in [6, 6.07) is 61.3. The normalized spacial score (nSPS) is 18.9. The molecule has 0 saturated heterocycles. The first-order chi connectivity index (χ1) is 37.0. The van der Waals surface area contributed by atoms with Crippen molar-refractivity contribution in [3.8, 4) is 11.1 Å². The van der Waals surface area contributed by atoms with Crippen molar-refractivity contribution in [2.75, 3.05) is 9.80 Å². The summed E-state index contributed by atoms with van der Waals surface area (Å²) in [7, 11) is -3.86. The number of hydrogen-bond donors (Lipinski definition) is 0. The molecule has 322 valence electrons. The second-order valence-electron chi connectivity index (χ2n) is 18.3. The number of furan rings is 1. The molecule has 67 heavy (non-hydrogen) atoms. The molecule has 0 saturated carbocycles. The lowest BCUT2D eigenvalue weighted by Crippen LogP contribution is -2.79. The number of nitrogens with zero attached hydrogens (tertiary/aromatic N) is 2. The van der Waals surface area contributed by atoms with E-state index in [4.69, 9.17) is 12.6 Å². The molecule has 0 aliphatic carbocycles. The number of para-hydroxylation sites is 1. The zero-order valence-electron chi connectivity index (χ0n) is 48.3. The van der Waals surface area contributed by atoms with Crippen LogP contribution in [0.4, 0.5) is 34.1 Å². The van der Waals surface area contributed by atoms with E-state index in [0.29, 0.717) is 28.2 Å². The molecule has 10 aromatic rings. The number of aryl methyl sites for hydroxylation is 2. The monoisotopic (exact) mass is 889 g/mol. The van der Waals surface area contributed by atoms with Crippen LogP contribution in [0.5, 0.6) is 0 Å². The topological polar surface area (TPSA) is 19.6 Å². The number of fused-ring (bicyclic) bond motifs is 10. The van der Waals surface area contributed by atoms with Gasteiger partial charge in [-0.3, -0.25) is 0 Å². The van der Waals surface area contributed by atoms with Crippen molar-refractivity contribution < 1.29 is 19.5 Å². The summed E-state index contributed by atoms with van der Waals surface area (Å²) in [5, 5.41) is 4.99. The minimum atomic E-state index is -3.86. The summed E-state index contributed by atoms with van der Waals surface area (Å²) in [5.41, 5.74) is 11.4. The predicted molar refractivity (Wildman–Crippen MR) is 288 cm³/mol. The Morgan fingerprint density at radius 2 is 1.18 bits per heavy atom. The number of anilines is 6. The molecule has 3 nitrogen and oxygen atoms in total. The average Bonchev–Trinajstić information content (AvgIpc) is 3.11. The Hall–Kier alpha value is -7.34. The first-order valence-electron chi connectivity index (χ1n) is 28.4. The highest BCUT2D eigenvalue weighted by atomic mass is 28.3. The van der Waals surface area contributed by atoms with Crippen LogP contribution in [0.3, 0.4) is 0 Å². The maximum absolute atomic E-state index is 10.0. The molecule has 2 unspecified atom stereocenters. The van der Waals surface area contributed by atoms with Crippen molar-refractivity contribution in [1.82, 2.24) is 0 Å². The van der Waals surface area contributed by atoms with Gasteiger partial charge in [0.05, 0.1) is 11.1 Å². The fraction of sp³-hybridized carbons (Fsp3) is 0.129. The largest absolute Gasteiger partial charge is 0.456 e. The first kappa shape index (κ1) is 30.0. The molecule has 9 aromatic carbocycles. The maximum Gasteiger partial charge on any atom is 0.252 e. The highest BCUT2D eigenvalue weighted by Crippen LogP contribution is 2.50. The van der Waals surface area contributed by atoms with Crippen LogP contribution in [0.25, 0.3) is 33.1 Å². The van der Waals surface area contributed by atoms with Crippen LogP contribution < -0.4 is 46.9 Å². The molecule has 0 spiro atoms. The molecule has 0 amide bonds. The maximum atomic E-state index is 10.0. The molecule has 1 aromatic heterocycles. The predicted octanol–water partition coefficient (Wildman–Crippen LogP) is 11.9. The van der Waals surface area contributed by atoms with E-state index >= 15 is 0 Å². The van der Waals surface area contributed by atoms with Gasteiger partial charge in [-0.15, -0.1) is 0 Å². The van der Waals surface area contributed by atoms with Crippen molar-refractivity contribution >= 4 is 108 Å². The van der Waals surface area contributed by atoms with Crippen LogP contribution in [0.2, 0.25) is 0 Å². The van der Waals surface area contributed by atoms with Crippen LogP contribution >= 0.6 is 0 Å². The minimum absolute atomic E-state index is 0.0912. The third kappa shape index (κ3) is 5.64. The van der Waals surface area contributed by atoms with Crippen LogP contribution in [0.1, 0.15) is 76.7 Å². The van der Waals surface area contributed by atoms with Crippen LogP contribution in [-0.2, 0) is 0 Å². The van der Waals surface area contributed by atoms with E-state index in [1.807, 2.05) is 109 Å². The Labute approximate surface area is 410 Å². The zero-order chi connectivity index (χ0) is 54.6. The SMILES string of the molecule is [2H]C([2H])([2H])c1cc2c3c(c1)N(c1ccc(-c4ccccc4)cc1C)c1c(ccc4oc5ccccc5c14)B3c1cc(C([2H])(C)C([2H])([2H])[2H])cc3c1N2c1ccc(C([2H])(C)C([2H])([2H])[2H])cc1[Si]3(c1ccccc1)c1ccccc1. The van der Waals surface area contributed by atoms with Gasteiger partial charge in [0.15, 0.2) is 8.07 Å². The molecule has 0 N–H and O–H groups in total. The van der Waals surface area contributed by atoms with Crippen molar-refractivity contribution in [1.29, 1.82) is 0 Å². The Kier molecular flexibility index (Phi) is 6.65. The number of rotatable bonds is 6. The van der Waals surface area contributed by atoms with Gasteiger partial charge in [0.1, 0.15) is 11.2 Å². The zero-order valence-corrected chi connectivity index (χ0v) is 38.3. The molecule has 0 fully saturated rings. The second kappa shape index (κ2) is 14.8. The van der Waals surface area contributed by atoms with Crippen LogP contribution in [0, 0.1) is 13.8 Å². The Balaban J connectivity index is 1.25. The molecule has 3 aliphatic rings. The molecule has 4 heterocycles. The average molecular weight is 890 g/mol. The summed E-state index contributed by atoms with van der Waals surface area (Å²) in [6.45, 7) is -3.91. The summed E-state index contributed by atoms with van der Waals surface area (Å²) in [6.07, 6.45) is 0. The van der Waals surface area contributed by atoms with Crippen LogP contribution in [-0.4, -0.2) is 14.8 Å². The molecule has 0 bridgehead atoms. The molecule has 2 atom stereocenters. The summed E-state index contributed by atoms with van der Waals surface area (Å²) in [5.74, 6) is -4.22. The molecule has 5 heteroatoms. The van der Waals surface area contributed by atoms with Gasteiger partial charge in [-0.25, -0.2) is 0 Å². The molecular formula is C62H51BN2OSi. The quantitative estimate of drug-likeness (QED) is 0.155. The summed E-state index contributed by atoms with van der Waals surface area (Å²) >= 11 is 0. The smallest absolute Gasteiger partial charge is 0.252 e. The van der Waals surface area contributed by atoms with Gasteiger partial charge in [0.25, 0.3) is 6.71 Å². The minimum Gasteiger partial charge on any atom is -0.456 e. The van der Waals surface area contributed by atoms with Gasteiger partial charge < -0.3 is 14.2 Å². The van der Waals surface area contributed by atoms with Gasteiger partial charge in [-0.1, -0.05) is 173 Å². The van der Waals surface area contributed by atoms with Crippen molar-refractivity contribution in [2.45, 2.75) is 53.1 Å². The van der Waals surface area contributed by atoms with Gasteiger partial charge >= 0.3 is 0 Å². The van der Waals surface area contributed by atoms with Gasteiger partial charge in [0, 0.05) is 48.9 Å². The van der Waals surface area contributed by atoms with E-state index in [1.165, 1.54) is 13.8 Å². The van der Waals surface area contributed by atoms with Crippen molar-refractivity contribution in [2.24, 2.45) is 0 Å². The third-order valence-corrected chi connectivity index (χ3v) is 19.3. The lowest BCUT2D eigenvalue weighted by atomic mass is 9.33. The molecule has 3 aliphatic heterocycles. The fourth-order valence-electron chi connectivity index (χ4n) is 11.7. The van der Waals surface area contributed by atoms with Gasteiger partial charge in [0.2, 0.25) is 0 Å². The fourth-order valence-corrected chi connectivity index (χ4v) is 16.9. The second-order valence-corrected chi connectivity index (χ2v) is 22.0. The van der Waals surface area contributed by atoms with E-state index in [-0.39, 0.29) is 16.7 Å². The highest BCUT2D eigenvalue weighted by Gasteiger charge is 2.54. The Bertz CT molecular complexity index is 4060. The molecule has 0 radical (unpaired) electrons. The standard InChI is InChI=1S/C62H51BN2OSi/c1-38(2)43-26-30-52-57(36-43)67(46-20-12-8-13-21-46,47-22-14-9-15-23-47)58-37-45(39(3)4)35-50-61(58)65(52)54-33-40(5)32-53-60(54)63(50)49-28-31-56-59(48-24-16-17-25-55(48)66-56)62(49)64(53)51-29-27-44(34-41(51)6)42-18-10-7-11-19-42/h7-39H,1-6H3/i1D3,3D3,5D3,38D,39D. The van der Waals surface area contributed by atoms with E-state index < -0.39 is 47.1 Å². The number of benzene rings is 9. The summed E-state index contributed by atoms with van der Waals surface area (Å²) < 4.78 is 107. The Morgan fingerprint density at radius 3 is 1.88 bits per heavy atom. The molecular weight excluding hydrogens is 828 g/mol. The van der Waals surface area contributed by atoms with Gasteiger partial charge in [-0.05, 0) is 139 Å². The summed E-state index contributed by atoms with van der Waals surface area (Å²) in [4.78, 5) is 4.30. The van der Waals surface area contributed by atoms with E-state index in [1.54, 1.807) is 18.2 Å². The van der Waals surface area contributed by atoms with Crippen molar-refractivity contribution in [3.05, 3.63) is 210 Å². The van der Waals surface area contributed by atoms with E-state index in [2.05, 4.69) is 77.4 Å².